The van der Waals surface area contributed by atoms with Crippen LogP contribution in [0.2, 0.25) is 0 Å². The highest BCUT2D eigenvalue weighted by Crippen LogP contribution is 2.42. The fourth-order valence-electron chi connectivity index (χ4n) is 1.12. The summed E-state index contributed by atoms with van der Waals surface area (Å²) >= 11 is 4.69. The van der Waals surface area contributed by atoms with Gasteiger partial charge in [0.1, 0.15) is 0 Å². The van der Waals surface area contributed by atoms with Crippen LogP contribution in [-0.4, -0.2) is 31.7 Å². The van der Waals surface area contributed by atoms with E-state index in [0.717, 1.165) is 25.9 Å². The van der Waals surface area contributed by atoms with E-state index in [1.807, 2.05) is 0 Å². The molecule has 0 spiro atoms. The van der Waals surface area contributed by atoms with E-state index in [2.05, 4.69) is 16.8 Å². The van der Waals surface area contributed by atoms with Crippen LogP contribution < -0.4 is 5.32 Å². The van der Waals surface area contributed by atoms with Crippen molar-refractivity contribution in [2.75, 3.05) is 26.8 Å². The zero-order valence-electron chi connectivity index (χ0n) is 9.57. The molecule has 0 aromatic carbocycles. The van der Waals surface area contributed by atoms with Crippen molar-refractivity contribution in [3.05, 3.63) is 0 Å². The van der Waals surface area contributed by atoms with Crippen LogP contribution >= 0.6 is 6.72 Å². The molecule has 1 atom stereocenters. The van der Waals surface area contributed by atoms with E-state index < -0.39 is 6.72 Å². The van der Waals surface area contributed by atoms with Crippen LogP contribution in [0, 0.1) is 0 Å². The van der Waals surface area contributed by atoms with Crippen LogP contribution in [-0.2, 0) is 20.9 Å². The standard InChI is InChI=1S/C9H22NO3PS.H2/c1-3-10-8-6-4-5-7-9-13-14(11,15)12-2;/h10H,3-9H2,1-2H3,(H,11,15);1H. The van der Waals surface area contributed by atoms with Crippen molar-refractivity contribution in [1.82, 2.24) is 5.32 Å². The summed E-state index contributed by atoms with van der Waals surface area (Å²) in [6.45, 7) is 1.78. The zero-order valence-corrected chi connectivity index (χ0v) is 11.3. The lowest BCUT2D eigenvalue weighted by Crippen LogP contribution is -2.13. The number of hydrogen-bond donors (Lipinski definition) is 2. The predicted molar refractivity (Wildman–Crippen MR) is 68.6 cm³/mol. The van der Waals surface area contributed by atoms with Crippen LogP contribution in [0.15, 0.2) is 0 Å². The molecule has 4 nitrogen and oxygen atoms in total. The maximum Gasteiger partial charge on any atom is 0.324 e. The Morgan fingerprint density at radius 2 is 2.00 bits per heavy atom. The van der Waals surface area contributed by atoms with E-state index in [9.17, 15) is 4.89 Å². The van der Waals surface area contributed by atoms with E-state index in [1.165, 1.54) is 20.0 Å². The van der Waals surface area contributed by atoms with Gasteiger partial charge in [0, 0.05) is 8.54 Å². The summed E-state index contributed by atoms with van der Waals surface area (Å²) in [5.41, 5.74) is 0. The Bertz CT molecular complexity index is 198. The highest BCUT2D eigenvalue weighted by molar-refractivity contribution is 8.07. The minimum absolute atomic E-state index is 0. The fourth-order valence-corrected chi connectivity index (χ4v) is 1.80. The van der Waals surface area contributed by atoms with E-state index in [0.29, 0.717) is 6.61 Å². The first-order valence-corrected chi connectivity index (χ1v) is 7.95. The minimum Gasteiger partial charge on any atom is -0.324 e. The van der Waals surface area contributed by atoms with Crippen molar-refractivity contribution < 1.29 is 15.4 Å². The third kappa shape index (κ3) is 10.8. The van der Waals surface area contributed by atoms with Crippen molar-refractivity contribution in [3.63, 3.8) is 0 Å². The van der Waals surface area contributed by atoms with Crippen molar-refractivity contribution in [2.24, 2.45) is 0 Å². The lowest BCUT2D eigenvalue weighted by Gasteiger charge is -2.12. The molecule has 0 radical (unpaired) electrons. The van der Waals surface area contributed by atoms with Crippen LogP contribution in [0.5, 0.6) is 0 Å². The van der Waals surface area contributed by atoms with Crippen LogP contribution in [0.3, 0.4) is 0 Å². The average Bonchev–Trinajstić information content (AvgIpc) is 2.22. The highest BCUT2D eigenvalue weighted by Gasteiger charge is 2.10. The molecule has 0 aliphatic rings. The molecule has 0 fully saturated rings. The molecule has 0 bridgehead atoms. The summed E-state index contributed by atoms with van der Waals surface area (Å²) in [5.74, 6) is 0. The second kappa shape index (κ2) is 9.70. The van der Waals surface area contributed by atoms with E-state index in [4.69, 9.17) is 16.3 Å². The van der Waals surface area contributed by atoms with Gasteiger partial charge in [-0.1, -0.05) is 19.8 Å². The van der Waals surface area contributed by atoms with E-state index in [1.54, 1.807) is 0 Å². The lowest BCUT2D eigenvalue weighted by molar-refractivity contribution is 0.221. The van der Waals surface area contributed by atoms with Gasteiger partial charge >= 0.3 is 6.72 Å². The molecule has 0 saturated heterocycles. The molecular weight excluding hydrogens is 233 g/mol. The van der Waals surface area contributed by atoms with Gasteiger partial charge in [-0.2, -0.15) is 0 Å². The van der Waals surface area contributed by atoms with Gasteiger partial charge in [-0.25, -0.2) is 0 Å². The normalized spacial score (nSPS) is 15.1. The van der Waals surface area contributed by atoms with Crippen LogP contribution in [0.25, 0.3) is 0 Å². The first-order valence-electron chi connectivity index (χ1n) is 5.36. The fraction of sp³-hybridized carbons (Fsp3) is 1.00. The van der Waals surface area contributed by atoms with Gasteiger partial charge in [0.25, 0.3) is 0 Å². The topological polar surface area (TPSA) is 50.7 Å². The molecular formula is C9H24NO3PS. The van der Waals surface area contributed by atoms with Gasteiger partial charge in [0.15, 0.2) is 0 Å². The first-order chi connectivity index (χ1) is 7.12. The SMILES string of the molecule is CCNCCCCCCOP(O)(=S)OC.[HH]. The van der Waals surface area contributed by atoms with Gasteiger partial charge in [-0.15, -0.1) is 0 Å². The van der Waals surface area contributed by atoms with Crippen molar-refractivity contribution >= 4 is 18.5 Å². The highest BCUT2D eigenvalue weighted by atomic mass is 32.5. The largest absolute Gasteiger partial charge is 0.324 e. The van der Waals surface area contributed by atoms with Crippen molar-refractivity contribution in [2.45, 2.75) is 32.6 Å². The average molecular weight is 257 g/mol. The molecule has 2 N–H and O–H groups in total. The first kappa shape index (κ1) is 15.5. The lowest BCUT2D eigenvalue weighted by atomic mass is 10.2. The number of rotatable bonds is 10. The van der Waals surface area contributed by atoms with Gasteiger partial charge in [0.05, 0.1) is 6.61 Å². The van der Waals surface area contributed by atoms with Gasteiger partial charge in [-0.05, 0) is 37.7 Å². The molecule has 0 saturated carbocycles. The van der Waals surface area contributed by atoms with E-state index in [-0.39, 0.29) is 1.43 Å². The maximum absolute atomic E-state index is 9.27. The van der Waals surface area contributed by atoms with E-state index >= 15 is 0 Å². The molecule has 0 aromatic heterocycles. The second-order valence-corrected chi connectivity index (χ2v) is 6.20. The molecule has 6 heteroatoms. The molecule has 15 heavy (non-hydrogen) atoms. The van der Waals surface area contributed by atoms with Gasteiger partial charge in [-0.3, -0.25) is 0 Å². The Hall–Kier alpha value is 0.490. The Balaban J connectivity index is 0. The molecule has 0 aliphatic heterocycles. The molecule has 94 valence electrons. The Kier molecular flexibility index (Phi) is 10.0. The van der Waals surface area contributed by atoms with Gasteiger partial charge in [0.2, 0.25) is 0 Å². The second-order valence-electron chi connectivity index (χ2n) is 3.25. The Morgan fingerprint density at radius 1 is 1.33 bits per heavy atom. The maximum atomic E-state index is 9.27. The number of hydrogen-bond acceptors (Lipinski definition) is 4. The Labute approximate surface area is 99.1 Å². The van der Waals surface area contributed by atoms with Crippen LogP contribution in [0.1, 0.15) is 34.0 Å². The molecule has 0 rings (SSSR count). The number of unbranched alkanes of at least 4 members (excludes halogenated alkanes) is 3. The Morgan fingerprint density at radius 3 is 2.60 bits per heavy atom. The molecule has 0 heterocycles. The summed E-state index contributed by atoms with van der Waals surface area (Å²) in [6, 6.07) is 0. The van der Waals surface area contributed by atoms with Crippen LogP contribution in [0.4, 0.5) is 0 Å². The zero-order chi connectivity index (χ0) is 11.6. The number of nitrogens with one attached hydrogen (secondary N) is 1. The monoisotopic (exact) mass is 257 g/mol. The van der Waals surface area contributed by atoms with Crippen molar-refractivity contribution in [3.8, 4) is 0 Å². The quantitative estimate of drug-likeness (QED) is 0.464. The summed E-state index contributed by atoms with van der Waals surface area (Å²) < 4.78 is 9.70. The third-order valence-corrected chi connectivity index (χ3v) is 3.72. The molecule has 0 aliphatic carbocycles. The minimum atomic E-state index is -2.92. The third-order valence-electron chi connectivity index (χ3n) is 1.98. The summed E-state index contributed by atoms with van der Waals surface area (Å²) in [5, 5.41) is 3.27. The smallest absolute Gasteiger partial charge is 0.324 e. The van der Waals surface area contributed by atoms with Crippen molar-refractivity contribution in [1.29, 1.82) is 0 Å². The molecule has 0 amide bonds. The summed E-state index contributed by atoms with van der Waals surface area (Å²) in [7, 11) is 1.37. The predicted octanol–water partition coefficient (Wildman–Crippen LogP) is 2.28. The summed E-state index contributed by atoms with van der Waals surface area (Å²) in [4.78, 5) is 9.27. The van der Waals surface area contributed by atoms with Gasteiger partial charge < -0.3 is 19.3 Å². The summed E-state index contributed by atoms with van der Waals surface area (Å²) in [6.07, 6.45) is 4.39. The molecule has 1 unspecified atom stereocenters. The molecule has 0 aromatic rings.